The highest BCUT2D eigenvalue weighted by molar-refractivity contribution is 5.93. The summed E-state index contributed by atoms with van der Waals surface area (Å²) in [5.74, 6) is 0. The first-order chi connectivity index (χ1) is 16.2. The Morgan fingerprint density at radius 2 is 1.45 bits per heavy atom. The molecule has 0 aromatic heterocycles. The van der Waals surface area contributed by atoms with Crippen LogP contribution in [0.15, 0.2) is 121 Å². The Hall–Kier alpha value is -3.64. The zero-order valence-corrected chi connectivity index (χ0v) is 19.1. The Morgan fingerprint density at radius 1 is 0.697 bits per heavy atom. The Bertz CT molecular complexity index is 1390. The number of hydrogen-bond acceptors (Lipinski definition) is 0. The maximum Gasteiger partial charge on any atom is 0.0435 e. The first kappa shape index (κ1) is 20.0. The molecule has 0 heteroatoms. The molecule has 0 radical (unpaired) electrons. The van der Waals surface area contributed by atoms with Gasteiger partial charge in [0.1, 0.15) is 0 Å². The number of benzene rings is 4. The Labute approximate surface area is 196 Å². The quantitative estimate of drug-likeness (QED) is 0.308. The summed E-state index contributed by atoms with van der Waals surface area (Å²) in [6.07, 6.45) is 10.3. The first-order valence-corrected chi connectivity index (χ1v) is 12.0. The van der Waals surface area contributed by atoms with Crippen LogP contribution in [0, 0.1) is 0 Å². The predicted octanol–water partition coefficient (Wildman–Crippen LogP) is 8.51. The van der Waals surface area contributed by atoms with Crippen molar-refractivity contribution in [1.82, 2.24) is 0 Å². The highest BCUT2D eigenvalue weighted by Gasteiger charge is 2.41. The molecule has 2 aliphatic rings. The molecular formula is C33H28. The largest absolute Gasteiger partial charge is 0.0840 e. The van der Waals surface area contributed by atoms with Crippen molar-refractivity contribution in [3.8, 4) is 22.3 Å². The van der Waals surface area contributed by atoms with Crippen LogP contribution < -0.4 is 0 Å². The third kappa shape index (κ3) is 3.29. The van der Waals surface area contributed by atoms with E-state index in [1.807, 2.05) is 0 Å². The molecule has 0 bridgehead atoms. The van der Waals surface area contributed by atoms with Crippen molar-refractivity contribution in [2.45, 2.75) is 31.6 Å². The number of rotatable bonds is 4. The average molecular weight is 425 g/mol. The third-order valence-corrected chi connectivity index (χ3v) is 7.41. The molecule has 4 aromatic carbocycles. The summed E-state index contributed by atoms with van der Waals surface area (Å²) in [6, 6.07) is 35.9. The van der Waals surface area contributed by atoms with Crippen LogP contribution in [0.4, 0.5) is 0 Å². The molecule has 1 unspecified atom stereocenters. The van der Waals surface area contributed by atoms with Gasteiger partial charge in [-0.2, -0.15) is 0 Å². The topological polar surface area (TPSA) is 0 Å². The predicted molar refractivity (Wildman–Crippen MR) is 139 cm³/mol. The smallest absolute Gasteiger partial charge is 0.0435 e. The first-order valence-electron chi connectivity index (χ1n) is 12.0. The van der Waals surface area contributed by atoms with E-state index in [1.165, 1.54) is 56.5 Å². The summed E-state index contributed by atoms with van der Waals surface area (Å²) < 4.78 is 0. The van der Waals surface area contributed by atoms with Gasteiger partial charge in [0.2, 0.25) is 0 Å². The molecule has 0 N–H and O–H groups in total. The normalized spacial score (nSPS) is 18.5. The molecule has 0 spiro atoms. The van der Waals surface area contributed by atoms with Crippen molar-refractivity contribution in [2.24, 2.45) is 0 Å². The molecule has 6 rings (SSSR count). The summed E-state index contributed by atoms with van der Waals surface area (Å²) >= 11 is 0. The van der Waals surface area contributed by atoms with Gasteiger partial charge in [0.15, 0.2) is 0 Å². The van der Waals surface area contributed by atoms with Crippen LogP contribution in [-0.2, 0) is 11.8 Å². The van der Waals surface area contributed by atoms with E-state index in [-0.39, 0.29) is 5.41 Å². The van der Waals surface area contributed by atoms with E-state index >= 15 is 0 Å². The van der Waals surface area contributed by atoms with Crippen molar-refractivity contribution in [3.63, 3.8) is 0 Å². The molecule has 0 nitrogen and oxygen atoms in total. The van der Waals surface area contributed by atoms with E-state index < -0.39 is 0 Å². The lowest BCUT2D eigenvalue weighted by atomic mass is 9.74. The van der Waals surface area contributed by atoms with Crippen molar-refractivity contribution in [3.05, 3.63) is 143 Å². The van der Waals surface area contributed by atoms with Gasteiger partial charge < -0.3 is 0 Å². The lowest BCUT2D eigenvalue weighted by Crippen LogP contribution is -2.22. The molecule has 0 saturated heterocycles. The molecule has 0 amide bonds. The maximum absolute atomic E-state index is 2.39. The summed E-state index contributed by atoms with van der Waals surface area (Å²) in [6.45, 7) is 2.38. The number of allylic oxidation sites excluding steroid dienone is 4. The Kier molecular flexibility index (Phi) is 4.88. The fourth-order valence-electron chi connectivity index (χ4n) is 5.75. The molecule has 0 aliphatic heterocycles. The van der Waals surface area contributed by atoms with E-state index in [4.69, 9.17) is 0 Å². The van der Waals surface area contributed by atoms with Crippen molar-refractivity contribution in [1.29, 1.82) is 0 Å². The minimum absolute atomic E-state index is 0.154. The van der Waals surface area contributed by atoms with Crippen molar-refractivity contribution in [2.75, 3.05) is 0 Å². The van der Waals surface area contributed by atoms with Gasteiger partial charge in [-0.15, -0.1) is 0 Å². The van der Waals surface area contributed by atoms with Crippen LogP contribution in [0.25, 0.3) is 22.3 Å². The second kappa shape index (κ2) is 8.05. The third-order valence-electron chi connectivity index (χ3n) is 7.41. The van der Waals surface area contributed by atoms with E-state index in [0.29, 0.717) is 0 Å². The lowest BCUT2D eigenvalue weighted by Gasteiger charge is -2.28. The molecule has 1 atom stereocenters. The summed E-state index contributed by atoms with van der Waals surface area (Å²) in [5.41, 5.74) is 12.2. The molecule has 0 fully saturated rings. The molecule has 0 heterocycles. The van der Waals surface area contributed by atoms with Gasteiger partial charge in [0, 0.05) is 5.41 Å². The summed E-state index contributed by atoms with van der Waals surface area (Å²) in [4.78, 5) is 0. The molecule has 4 aromatic rings. The van der Waals surface area contributed by atoms with E-state index in [2.05, 4.69) is 122 Å². The van der Waals surface area contributed by atoms with Crippen molar-refractivity contribution < 1.29 is 0 Å². The molecule has 160 valence electrons. The SMILES string of the molecule is CC1(c2ccccc2)c2ccccc2-c2c(-c3cccc(CC4=CCCC=C4)c3)cccc21. The maximum atomic E-state index is 2.39. The Balaban J connectivity index is 1.51. The van der Waals surface area contributed by atoms with Crippen LogP contribution in [0.1, 0.15) is 42.0 Å². The lowest BCUT2D eigenvalue weighted by molar-refractivity contribution is 0.714. The van der Waals surface area contributed by atoms with E-state index in [0.717, 1.165) is 12.8 Å². The van der Waals surface area contributed by atoms with Gasteiger partial charge in [-0.3, -0.25) is 0 Å². The molecular weight excluding hydrogens is 396 g/mol. The standard InChI is InChI=1S/C33H28/c1-33(27-16-6-3-7-17-27)30-20-9-8-18-29(30)32-28(19-11-21-31(32)33)26-15-10-14-25(23-26)22-24-12-4-2-5-13-24/h3-4,6-21,23H,2,5,22H2,1H3. The van der Waals surface area contributed by atoms with Crippen LogP contribution >= 0.6 is 0 Å². The molecule has 33 heavy (non-hydrogen) atoms. The van der Waals surface area contributed by atoms with Crippen LogP contribution in [0.2, 0.25) is 0 Å². The zero-order valence-electron chi connectivity index (χ0n) is 19.1. The van der Waals surface area contributed by atoms with Gasteiger partial charge in [-0.25, -0.2) is 0 Å². The van der Waals surface area contributed by atoms with Gasteiger partial charge >= 0.3 is 0 Å². The summed E-state index contributed by atoms with van der Waals surface area (Å²) in [5, 5.41) is 0. The minimum Gasteiger partial charge on any atom is -0.0840 e. The average Bonchev–Trinajstić information content (AvgIpc) is 3.15. The number of hydrogen-bond donors (Lipinski definition) is 0. The van der Waals surface area contributed by atoms with Crippen LogP contribution in [0.3, 0.4) is 0 Å². The fourth-order valence-corrected chi connectivity index (χ4v) is 5.75. The van der Waals surface area contributed by atoms with Crippen LogP contribution in [0.5, 0.6) is 0 Å². The number of fused-ring (bicyclic) bond motifs is 3. The van der Waals surface area contributed by atoms with Gasteiger partial charge in [0.25, 0.3) is 0 Å². The highest BCUT2D eigenvalue weighted by atomic mass is 14.4. The van der Waals surface area contributed by atoms with Gasteiger partial charge in [-0.05, 0) is 76.3 Å². The van der Waals surface area contributed by atoms with Gasteiger partial charge in [-0.1, -0.05) is 115 Å². The van der Waals surface area contributed by atoms with E-state index in [1.54, 1.807) is 0 Å². The molecule has 2 aliphatic carbocycles. The van der Waals surface area contributed by atoms with Gasteiger partial charge in [0.05, 0.1) is 0 Å². The summed E-state index contributed by atoms with van der Waals surface area (Å²) in [7, 11) is 0. The van der Waals surface area contributed by atoms with Crippen LogP contribution in [-0.4, -0.2) is 0 Å². The second-order valence-corrected chi connectivity index (χ2v) is 9.40. The fraction of sp³-hybridized carbons (Fsp3) is 0.152. The minimum atomic E-state index is -0.154. The van der Waals surface area contributed by atoms with Crippen molar-refractivity contribution >= 4 is 0 Å². The Morgan fingerprint density at radius 3 is 2.30 bits per heavy atom. The highest BCUT2D eigenvalue weighted by Crippen LogP contribution is 2.54. The molecule has 0 saturated carbocycles. The zero-order chi connectivity index (χ0) is 22.3. The monoisotopic (exact) mass is 424 g/mol. The van der Waals surface area contributed by atoms with E-state index in [9.17, 15) is 0 Å². The second-order valence-electron chi connectivity index (χ2n) is 9.40.